The summed E-state index contributed by atoms with van der Waals surface area (Å²) in [7, 11) is 1.69. The van der Waals surface area contributed by atoms with Crippen LogP contribution in [-0.2, 0) is 4.74 Å². The second-order valence-corrected chi connectivity index (χ2v) is 4.61. The van der Waals surface area contributed by atoms with Gasteiger partial charge in [-0.05, 0) is 24.6 Å². The number of benzene rings is 2. The van der Waals surface area contributed by atoms with Crippen molar-refractivity contribution in [1.82, 2.24) is 0 Å². The Morgan fingerprint density at radius 2 is 1.90 bits per heavy atom. The number of fused-ring (bicyclic) bond motifs is 1. The molecule has 0 aliphatic carbocycles. The Labute approximate surface area is 118 Å². The summed E-state index contributed by atoms with van der Waals surface area (Å²) in [4.78, 5) is 4.45. The molecule has 0 saturated heterocycles. The monoisotopic (exact) mass is 267 g/mol. The number of nitrogens with zero attached hydrogens (tertiary/aromatic N) is 1. The molecule has 3 rings (SSSR count). The average molecular weight is 267 g/mol. The van der Waals surface area contributed by atoms with Crippen LogP contribution in [0.3, 0.4) is 0 Å². The van der Waals surface area contributed by atoms with Gasteiger partial charge in [0.05, 0.1) is 12.7 Å². The number of aliphatic imine (C=N–C) groups is 1. The highest BCUT2D eigenvalue weighted by Gasteiger charge is 2.33. The second-order valence-electron chi connectivity index (χ2n) is 4.61. The molecule has 1 aliphatic heterocycles. The van der Waals surface area contributed by atoms with E-state index < -0.39 is 0 Å². The minimum atomic E-state index is -0.146. The van der Waals surface area contributed by atoms with Crippen LogP contribution in [0.5, 0.6) is 5.75 Å². The lowest BCUT2D eigenvalue weighted by atomic mass is 9.98. The van der Waals surface area contributed by atoms with Crippen LogP contribution in [0.4, 0.5) is 0 Å². The van der Waals surface area contributed by atoms with Crippen molar-refractivity contribution in [3.05, 3.63) is 65.2 Å². The molecule has 1 atom stereocenters. The molecule has 3 nitrogen and oxygen atoms in total. The maximum Gasteiger partial charge on any atom is 0.217 e. The SMILES string of the molecule is CCN=C1OC(c2ccccc2)c2c(OC)cccc21. The van der Waals surface area contributed by atoms with Gasteiger partial charge < -0.3 is 9.47 Å². The maximum absolute atomic E-state index is 6.07. The molecule has 0 fully saturated rings. The van der Waals surface area contributed by atoms with Gasteiger partial charge in [-0.3, -0.25) is 4.99 Å². The molecule has 1 unspecified atom stereocenters. The number of methoxy groups -OCH3 is 1. The first-order valence-electron chi connectivity index (χ1n) is 6.78. The van der Waals surface area contributed by atoms with E-state index in [2.05, 4.69) is 17.1 Å². The van der Waals surface area contributed by atoms with Crippen LogP contribution < -0.4 is 4.74 Å². The largest absolute Gasteiger partial charge is 0.496 e. The molecule has 1 heterocycles. The van der Waals surface area contributed by atoms with Crippen molar-refractivity contribution in [1.29, 1.82) is 0 Å². The molecule has 1 aliphatic rings. The van der Waals surface area contributed by atoms with Gasteiger partial charge in [-0.2, -0.15) is 0 Å². The topological polar surface area (TPSA) is 30.8 Å². The quantitative estimate of drug-likeness (QED) is 0.851. The number of hydrogen-bond donors (Lipinski definition) is 0. The minimum absolute atomic E-state index is 0.146. The van der Waals surface area contributed by atoms with Gasteiger partial charge in [0.25, 0.3) is 0 Å². The van der Waals surface area contributed by atoms with Crippen LogP contribution in [0.25, 0.3) is 0 Å². The molecule has 0 bridgehead atoms. The van der Waals surface area contributed by atoms with E-state index in [9.17, 15) is 0 Å². The Kier molecular flexibility index (Phi) is 3.42. The molecule has 0 amide bonds. The van der Waals surface area contributed by atoms with E-state index in [1.807, 2.05) is 43.3 Å². The van der Waals surface area contributed by atoms with Gasteiger partial charge in [0.1, 0.15) is 5.75 Å². The van der Waals surface area contributed by atoms with Gasteiger partial charge in [-0.1, -0.05) is 36.4 Å². The predicted molar refractivity (Wildman–Crippen MR) is 79.4 cm³/mol. The van der Waals surface area contributed by atoms with Crippen LogP contribution in [0.2, 0.25) is 0 Å². The lowest BCUT2D eigenvalue weighted by molar-refractivity contribution is 0.246. The molecule has 3 heteroatoms. The third-order valence-corrected chi connectivity index (χ3v) is 3.41. The van der Waals surface area contributed by atoms with Crippen LogP contribution >= 0.6 is 0 Å². The van der Waals surface area contributed by atoms with E-state index in [4.69, 9.17) is 9.47 Å². The van der Waals surface area contributed by atoms with Crippen LogP contribution in [0.15, 0.2) is 53.5 Å². The van der Waals surface area contributed by atoms with Crippen molar-refractivity contribution >= 4 is 5.90 Å². The zero-order valence-corrected chi connectivity index (χ0v) is 11.7. The van der Waals surface area contributed by atoms with Crippen LogP contribution in [0, 0.1) is 0 Å². The summed E-state index contributed by atoms with van der Waals surface area (Å²) < 4.78 is 11.6. The third kappa shape index (κ3) is 2.05. The summed E-state index contributed by atoms with van der Waals surface area (Å²) in [6.07, 6.45) is -0.146. The van der Waals surface area contributed by atoms with Crippen LogP contribution in [0.1, 0.15) is 29.7 Å². The van der Waals surface area contributed by atoms with Crippen molar-refractivity contribution in [2.24, 2.45) is 4.99 Å². The van der Waals surface area contributed by atoms with E-state index in [1.54, 1.807) is 7.11 Å². The molecule has 2 aromatic carbocycles. The van der Waals surface area contributed by atoms with Crippen molar-refractivity contribution < 1.29 is 9.47 Å². The van der Waals surface area contributed by atoms with Crippen LogP contribution in [-0.4, -0.2) is 19.6 Å². The zero-order valence-electron chi connectivity index (χ0n) is 11.7. The highest BCUT2D eigenvalue weighted by atomic mass is 16.5. The lowest BCUT2D eigenvalue weighted by Crippen LogP contribution is -2.02. The summed E-state index contributed by atoms with van der Waals surface area (Å²) in [6, 6.07) is 16.1. The Bertz CT molecular complexity index is 635. The fourth-order valence-electron chi connectivity index (χ4n) is 2.54. The first-order valence-corrected chi connectivity index (χ1v) is 6.78. The fourth-order valence-corrected chi connectivity index (χ4v) is 2.54. The average Bonchev–Trinajstić information content (AvgIpc) is 2.88. The maximum atomic E-state index is 6.07. The molecule has 0 spiro atoms. The van der Waals surface area contributed by atoms with E-state index in [0.29, 0.717) is 12.4 Å². The summed E-state index contributed by atoms with van der Waals surface area (Å²) in [5.74, 6) is 1.55. The van der Waals surface area contributed by atoms with Crippen molar-refractivity contribution in [2.45, 2.75) is 13.0 Å². The predicted octanol–water partition coefficient (Wildman–Crippen LogP) is 3.58. The van der Waals surface area contributed by atoms with Crippen molar-refractivity contribution in [3.63, 3.8) is 0 Å². The number of rotatable bonds is 3. The van der Waals surface area contributed by atoms with Crippen molar-refractivity contribution in [3.8, 4) is 5.75 Å². The zero-order chi connectivity index (χ0) is 13.9. The fraction of sp³-hybridized carbons (Fsp3) is 0.235. The van der Waals surface area contributed by atoms with Gasteiger partial charge in [-0.15, -0.1) is 0 Å². The Morgan fingerprint density at radius 3 is 2.60 bits per heavy atom. The first-order chi connectivity index (χ1) is 9.85. The lowest BCUT2D eigenvalue weighted by Gasteiger charge is -2.14. The molecule has 20 heavy (non-hydrogen) atoms. The standard InChI is InChI=1S/C17H17NO2/c1-3-18-17-13-10-7-11-14(19-2)15(13)16(20-17)12-8-5-4-6-9-12/h4-11,16H,3H2,1-2H3. The molecular weight excluding hydrogens is 250 g/mol. The molecule has 0 radical (unpaired) electrons. The van der Waals surface area contributed by atoms with E-state index in [-0.39, 0.29) is 6.10 Å². The van der Waals surface area contributed by atoms with Crippen molar-refractivity contribution in [2.75, 3.05) is 13.7 Å². The Hall–Kier alpha value is -2.29. The number of hydrogen-bond acceptors (Lipinski definition) is 3. The third-order valence-electron chi connectivity index (χ3n) is 3.41. The summed E-state index contributed by atoms with van der Waals surface area (Å²) in [5.41, 5.74) is 3.20. The molecule has 102 valence electrons. The summed E-state index contributed by atoms with van der Waals surface area (Å²) >= 11 is 0. The molecule has 2 aromatic rings. The van der Waals surface area contributed by atoms with Gasteiger partial charge in [-0.25, -0.2) is 0 Å². The van der Waals surface area contributed by atoms with Gasteiger partial charge >= 0.3 is 0 Å². The highest BCUT2D eigenvalue weighted by molar-refractivity contribution is 5.99. The number of ether oxygens (including phenoxy) is 2. The minimum Gasteiger partial charge on any atom is -0.496 e. The van der Waals surface area contributed by atoms with E-state index >= 15 is 0 Å². The molecular formula is C17H17NO2. The molecule has 0 aromatic heterocycles. The van der Waals surface area contributed by atoms with Gasteiger partial charge in [0.15, 0.2) is 6.10 Å². The van der Waals surface area contributed by atoms with Gasteiger partial charge in [0, 0.05) is 12.1 Å². The molecule has 0 saturated carbocycles. The normalized spacial score (nSPS) is 18.7. The Morgan fingerprint density at radius 1 is 1.10 bits per heavy atom. The first kappa shape index (κ1) is 12.7. The Balaban J connectivity index is 2.15. The highest BCUT2D eigenvalue weighted by Crippen LogP contribution is 2.41. The van der Waals surface area contributed by atoms with Gasteiger partial charge in [0.2, 0.25) is 5.90 Å². The smallest absolute Gasteiger partial charge is 0.217 e. The molecule has 0 N–H and O–H groups in total. The van der Waals surface area contributed by atoms with E-state index in [1.165, 1.54) is 0 Å². The summed E-state index contributed by atoms with van der Waals surface area (Å²) in [6.45, 7) is 2.71. The van der Waals surface area contributed by atoms with E-state index in [0.717, 1.165) is 22.4 Å². The summed E-state index contributed by atoms with van der Waals surface area (Å²) in [5, 5.41) is 0. The second kappa shape index (κ2) is 5.37.